The summed E-state index contributed by atoms with van der Waals surface area (Å²) in [5.41, 5.74) is 0. The Morgan fingerprint density at radius 2 is 1.93 bits per heavy atom. The molecule has 0 heterocycles. The fourth-order valence-corrected chi connectivity index (χ4v) is 1.94. The first kappa shape index (κ1) is 10.4. The molecule has 0 aliphatic heterocycles. The molecule has 0 bridgehead atoms. The van der Waals surface area contributed by atoms with Crippen molar-refractivity contribution in [1.82, 2.24) is 5.32 Å². The molecule has 0 aromatic rings. The Labute approximate surface area is 87.8 Å². The molecule has 2 rings (SSSR count). The second-order valence-corrected chi connectivity index (χ2v) is 4.32. The van der Waals surface area contributed by atoms with Crippen LogP contribution in [0.2, 0.25) is 0 Å². The van der Waals surface area contributed by atoms with E-state index in [-0.39, 0.29) is 24.0 Å². The summed E-state index contributed by atoms with van der Waals surface area (Å²) in [6, 6.07) is 0.178. The Bertz CT molecular complexity index is 285. The van der Waals surface area contributed by atoms with Gasteiger partial charge in [-0.15, -0.1) is 0 Å². The molecule has 0 aromatic carbocycles. The molecule has 1 amide bonds. The standard InChI is InChI=1S/C10H15NO4/c1-15-6-2-5(3-6)11-9(12)7-4-8(7)10(13)14/h5-8H,2-4H2,1H3,(H,11,12)(H,13,14)/t5?,6?,7-,8+/m1/s1. The molecule has 0 radical (unpaired) electrons. The van der Waals surface area contributed by atoms with Crippen LogP contribution in [-0.4, -0.2) is 36.2 Å². The summed E-state index contributed by atoms with van der Waals surface area (Å²) in [7, 11) is 1.66. The monoisotopic (exact) mass is 213 g/mol. The van der Waals surface area contributed by atoms with Gasteiger partial charge in [0.25, 0.3) is 0 Å². The van der Waals surface area contributed by atoms with Crippen LogP contribution >= 0.6 is 0 Å². The van der Waals surface area contributed by atoms with Crippen molar-refractivity contribution in [2.24, 2.45) is 11.8 Å². The highest BCUT2D eigenvalue weighted by molar-refractivity contribution is 5.89. The SMILES string of the molecule is COC1CC(NC(=O)[C@@H]2C[C@@H]2C(=O)O)C1. The van der Waals surface area contributed by atoms with Crippen molar-refractivity contribution in [2.75, 3.05) is 7.11 Å². The van der Waals surface area contributed by atoms with Crippen LogP contribution in [0.1, 0.15) is 19.3 Å². The van der Waals surface area contributed by atoms with E-state index >= 15 is 0 Å². The van der Waals surface area contributed by atoms with Gasteiger partial charge in [-0.2, -0.15) is 0 Å². The normalized spacial score (nSPS) is 37.9. The van der Waals surface area contributed by atoms with Gasteiger partial charge in [0.2, 0.25) is 5.91 Å². The maximum atomic E-state index is 11.5. The highest BCUT2D eigenvalue weighted by atomic mass is 16.5. The highest BCUT2D eigenvalue weighted by Crippen LogP contribution is 2.39. The lowest BCUT2D eigenvalue weighted by Crippen LogP contribution is -2.48. The number of carbonyl (C=O) groups is 2. The van der Waals surface area contributed by atoms with E-state index in [1.165, 1.54) is 0 Å². The number of carboxylic acid groups (broad SMARTS) is 1. The second-order valence-electron chi connectivity index (χ2n) is 4.32. The van der Waals surface area contributed by atoms with E-state index in [1.54, 1.807) is 7.11 Å². The molecule has 15 heavy (non-hydrogen) atoms. The molecule has 2 fully saturated rings. The van der Waals surface area contributed by atoms with Crippen molar-refractivity contribution in [2.45, 2.75) is 31.4 Å². The van der Waals surface area contributed by atoms with E-state index in [2.05, 4.69) is 5.32 Å². The van der Waals surface area contributed by atoms with Crippen molar-refractivity contribution in [3.05, 3.63) is 0 Å². The minimum atomic E-state index is -0.862. The maximum absolute atomic E-state index is 11.5. The van der Waals surface area contributed by atoms with Crippen LogP contribution in [0.5, 0.6) is 0 Å². The van der Waals surface area contributed by atoms with Crippen LogP contribution in [0.3, 0.4) is 0 Å². The van der Waals surface area contributed by atoms with Gasteiger partial charge in [-0.05, 0) is 19.3 Å². The van der Waals surface area contributed by atoms with E-state index in [1.807, 2.05) is 0 Å². The Morgan fingerprint density at radius 1 is 1.27 bits per heavy atom. The number of hydrogen-bond acceptors (Lipinski definition) is 3. The van der Waals surface area contributed by atoms with Gasteiger partial charge in [-0.1, -0.05) is 0 Å². The zero-order chi connectivity index (χ0) is 11.0. The molecule has 0 aromatic heterocycles. The van der Waals surface area contributed by atoms with Crippen LogP contribution in [0.25, 0.3) is 0 Å². The average molecular weight is 213 g/mol. The summed E-state index contributed by atoms with van der Waals surface area (Å²) in [4.78, 5) is 22.0. The Hall–Kier alpha value is -1.10. The van der Waals surface area contributed by atoms with Crippen LogP contribution < -0.4 is 5.32 Å². The van der Waals surface area contributed by atoms with Gasteiger partial charge in [-0.3, -0.25) is 9.59 Å². The summed E-state index contributed by atoms with van der Waals surface area (Å²) in [6.07, 6.45) is 2.42. The first-order valence-electron chi connectivity index (χ1n) is 5.17. The van der Waals surface area contributed by atoms with Gasteiger partial charge < -0.3 is 15.2 Å². The van der Waals surface area contributed by atoms with Crippen molar-refractivity contribution in [1.29, 1.82) is 0 Å². The van der Waals surface area contributed by atoms with Gasteiger partial charge in [0.05, 0.1) is 17.9 Å². The number of methoxy groups -OCH3 is 1. The van der Waals surface area contributed by atoms with Crippen LogP contribution in [0.4, 0.5) is 0 Å². The average Bonchev–Trinajstić information content (AvgIpc) is 2.89. The van der Waals surface area contributed by atoms with Gasteiger partial charge in [0.1, 0.15) is 0 Å². The van der Waals surface area contributed by atoms with Crippen LogP contribution in [0.15, 0.2) is 0 Å². The minimum Gasteiger partial charge on any atom is -0.481 e. The predicted octanol–water partition coefficient (Wildman–Crippen LogP) is 0.000700. The first-order chi connectivity index (χ1) is 7.11. The molecule has 0 unspecified atom stereocenters. The minimum absolute atomic E-state index is 0.109. The number of rotatable bonds is 4. The van der Waals surface area contributed by atoms with Crippen LogP contribution in [0, 0.1) is 11.8 Å². The quantitative estimate of drug-likeness (QED) is 0.689. The third-order valence-electron chi connectivity index (χ3n) is 3.22. The third kappa shape index (κ3) is 2.12. The second kappa shape index (κ2) is 3.81. The molecule has 2 saturated carbocycles. The van der Waals surface area contributed by atoms with Crippen molar-refractivity contribution in [3.63, 3.8) is 0 Å². The molecular formula is C10H15NO4. The lowest BCUT2D eigenvalue weighted by atomic mass is 9.89. The number of ether oxygens (including phenoxy) is 1. The molecule has 2 atom stereocenters. The lowest BCUT2D eigenvalue weighted by molar-refractivity contribution is -0.140. The van der Waals surface area contributed by atoms with E-state index < -0.39 is 11.9 Å². The Morgan fingerprint density at radius 3 is 2.40 bits per heavy atom. The topological polar surface area (TPSA) is 75.6 Å². The highest BCUT2D eigenvalue weighted by Gasteiger charge is 2.49. The smallest absolute Gasteiger partial charge is 0.307 e. The van der Waals surface area contributed by atoms with Crippen molar-refractivity contribution < 1.29 is 19.4 Å². The molecular weight excluding hydrogens is 198 g/mol. The summed E-state index contributed by atoms with van der Waals surface area (Å²) in [5, 5.41) is 11.5. The van der Waals surface area contributed by atoms with Gasteiger partial charge >= 0.3 is 5.97 Å². The van der Waals surface area contributed by atoms with E-state index in [0.717, 1.165) is 12.8 Å². The fourth-order valence-electron chi connectivity index (χ4n) is 1.94. The Balaban J connectivity index is 1.69. The van der Waals surface area contributed by atoms with Gasteiger partial charge in [-0.25, -0.2) is 0 Å². The molecule has 2 N–H and O–H groups in total. The number of nitrogens with one attached hydrogen (secondary N) is 1. The van der Waals surface area contributed by atoms with Crippen LogP contribution in [-0.2, 0) is 14.3 Å². The van der Waals surface area contributed by atoms with Gasteiger partial charge in [0, 0.05) is 13.2 Å². The summed E-state index contributed by atoms with van der Waals surface area (Å²) in [5.74, 6) is -1.73. The zero-order valence-corrected chi connectivity index (χ0v) is 8.60. The molecule has 0 spiro atoms. The van der Waals surface area contributed by atoms with Gasteiger partial charge in [0.15, 0.2) is 0 Å². The fraction of sp³-hybridized carbons (Fsp3) is 0.800. The third-order valence-corrected chi connectivity index (χ3v) is 3.22. The molecule has 0 saturated heterocycles. The van der Waals surface area contributed by atoms with E-state index in [0.29, 0.717) is 6.42 Å². The molecule has 84 valence electrons. The zero-order valence-electron chi connectivity index (χ0n) is 8.60. The van der Waals surface area contributed by atoms with Crippen molar-refractivity contribution in [3.8, 4) is 0 Å². The van der Waals surface area contributed by atoms with E-state index in [9.17, 15) is 9.59 Å². The molecule has 5 heteroatoms. The summed E-state index contributed by atoms with van der Waals surface area (Å²) < 4.78 is 5.09. The molecule has 5 nitrogen and oxygen atoms in total. The first-order valence-corrected chi connectivity index (χ1v) is 5.17. The number of hydrogen-bond donors (Lipinski definition) is 2. The Kier molecular flexibility index (Phi) is 2.65. The largest absolute Gasteiger partial charge is 0.481 e. The number of carbonyl (C=O) groups excluding carboxylic acids is 1. The summed E-state index contributed by atoms with van der Waals surface area (Å²) >= 11 is 0. The molecule has 2 aliphatic carbocycles. The maximum Gasteiger partial charge on any atom is 0.307 e. The molecule has 2 aliphatic rings. The number of aliphatic carboxylic acids is 1. The lowest BCUT2D eigenvalue weighted by Gasteiger charge is -2.34. The number of carboxylic acids is 1. The number of amides is 1. The van der Waals surface area contributed by atoms with Crippen molar-refractivity contribution >= 4 is 11.9 Å². The summed E-state index contributed by atoms with van der Waals surface area (Å²) in [6.45, 7) is 0. The predicted molar refractivity (Wildman–Crippen MR) is 51.2 cm³/mol. The van der Waals surface area contributed by atoms with E-state index in [4.69, 9.17) is 9.84 Å².